The minimum Gasteiger partial charge on any atom is -0.496 e. The molecule has 0 saturated heterocycles. The highest BCUT2D eigenvalue weighted by Gasteiger charge is 2.23. The summed E-state index contributed by atoms with van der Waals surface area (Å²) in [5, 5.41) is 0. The van der Waals surface area contributed by atoms with E-state index in [1.54, 1.807) is 7.11 Å². The Labute approximate surface area is 117 Å². The van der Waals surface area contributed by atoms with Crippen LogP contribution in [0.1, 0.15) is 37.9 Å². The Hall–Kier alpha value is -1.06. The van der Waals surface area contributed by atoms with E-state index in [4.69, 9.17) is 10.5 Å². The van der Waals surface area contributed by atoms with E-state index in [1.807, 2.05) is 6.07 Å². The third kappa shape index (κ3) is 4.22. The van der Waals surface area contributed by atoms with Crippen LogP contribution in [0.5, 0.6) is 5.75 Å². The van der Waals surface area contributed by atoms with Gasteiger partial charge in [-0.2, -0.15) is 0 Å². The summed E-state index contributed by atoms with van der Waals surface area (Å²) in [6.45, 7) is 10.4. The maximum Gasteiger partial charge on any atom is 0.123 e. The van der Waals surface area contributed by atoms with Gasteiger partial charge in [0.2, 0.25) is 0 Å². The highest BCUT2D eigenvalue weighted by molar-refractivity contribution is 5.38. The zero-order valence-electron chi connectivity index (χ0n) is 13.2. The zero-order valence-corrected chi connectivity index (χ0v) is 13.2. The van der Waals surface area contributed by atoms with E-state index in [0.29, 0.717) is 12.6 Å². The molecule has 3 heteroatoms. The number of nitrogens with two attached hydrogens (primary N) is 1. The van der Waals surface area contributed by atoms with Crippen LogP contribution >= 0.6 is 0 Å². The number of aryl methyl sites for hydroxylation is 1. The van der Waals surface area contributed by atoms with E-state index in [2.05, 4.69) is 51.8 Å². The SMILES string of the molecule is COc1ccc(C)cc1C(C)N(C)CC(C)(C)CN. The highest BCUT2D eigenvalue weighted by Crippen LogP contribution is 2.30. The number of rotatable bonds is 6. The zero-order chi connectivity index (χ0) is 14.6. The molecule has 1 unspecified atom stereocenters. The molecule has 0 saturated carbocycles. The van der Waals surface area contributed by atoms with Crippen LogP contribution in [0, 0.1) is 12.3 Å². The van der Waals surface area contributed by atoms with E-state index in [9.17, 15) is 0 Å². The monoisotopic (exact) mass is 264 g/mol. The van der Waals surface area contributed by atoms with E-state index in [0.717, 1.165) is 12.3 Å². The van der Waals surface area contributed by atoms with Crippen molar-refractivity contribution in [2.24, 2.45) is 11.1 Å². The van der Waals surface area contributed by atoms with Crippen LogP contribution in [0.3, 0.4) is 0 Å². The third-order valence-corrected chi connectivity index (χ3v) is 3.73. The third-order valence-electron chi connectivity index (χ3n) is 3.73. The Morgan fingerprint density at radius 1 is 1.37 bits per heavy atom. The first-order valence-electron chi connectivity index (χ1n) is 6.85. The molecule has 0 aliphatic heterocycles. The first-order chi connectivity index (χ1) is 8.80. The fraction of sp³-hybridized carbons (Fsp3) is 0.625. The van der Waals surface area contributed by atoms with Crippen molar-refractivity contribution in [3.05, 3.63) is 29.3 Å². The van der Waals surface area contributed by atoms with Crippen LogP contribution in [0.4, 0.5) is 0 Å². The summed E-state index contributed by atoms with van der Waals surface area (Å²) < 4.78 is 5.48. The molecule has 2 N–H and O–H groups in total. The molecule has 1 aromatic carbocycles. The van der Waals surface area contributed by atoms with Crippen LogP contribution < -0.4 is 10.5 Å². The predicted molar refractivity (Wildman–Crippen MR) is 81.6 cm³/mol. The standard InChI is InChI=1S/C16H28N2O/c1-12-7-8-15(19-6)14(9-12)13(2)18(5)11-16(3,4)10-17/h7-9,13H,10-11,17H2,1-6H3. The number of nitrogens with zero attached hydrogens (tertiary/aromatic N) is 1. The second kappa shape index (κ2) is 6.40. The van der Waals surface area contributed by atoms with E-state index < -0.39 is 0 Å². The molecule has 0 spiro atoms. The highest BCUT2D eigenvalue weighted by atomic mass is 16.5. The predicted octanol–water partition coefficient (Wildman–Crippen LogP) is 2.98. The Bertz CT molecular complexity index is 415. The Morgan fingerprint density at radius 3 is 2.53 bits per heavy atom. The summed E-state index contributed by atoms with van der Waals surface area (Å²) in [6, 6.07) is 6.64. The number of benzene rings is 1. The van der Waals surface area contributed by atoms with Gasteiger partial charge in [0.05, 0.1) is 7.11 Å². The van der Waals surface area contributed by atoms with Crippen LogP contribution in [-0.2, 0) is 0 Å². The molecular formula is C16H28N2O. The molecule has 1 atom stereocenters. The average molecular weight is 264 g/mol. The quantitative estimate of drug-likeness (QED) is 0.858. The van der Waals surface area contributed by atoms with Gasteiger partial charge in [0.25, 0.3) is 0 Å². The van der Waals surface area contributed by atoms with Gasteiger partial charge in [-0.3, -0.25) is 4.90 Å². The summed E-state index contributed by atoms with van der Waals surface area (Å²) in [5.41, 5.74) is 8.44. The molecule has 3 nitrogen and oxygen atoms in total. The van der Waals surface area contributed by atoms with E-state index in [-0.39, 0.29) is 5.41 Å². The fourth-order valence-electron chi connectivity index (χ4n) is 2.29. The van der Waals surface area contributed by atoms with E-state index in [1.165, 1.54) is 11.1 Å². The second-order valence-corrected chi connectivity index (χ2v) is 6.20. The van der Waals surface area contributed by atoms with Gasteiger partial charge in [-0.25, -0.2) is 0 Å². The van der Waals surface area contributed by atoms with Crippen molar-refractivity contribution < 1.29 is 4.74 Å². The van der Waals surface area contributed by atoms with Gasteiger partial charge >= 0.3 is 0 Å². The molecule has 1 rings (SSSR count). The van der Waals surface area contributed by atoms with Crippen molar-refractivity contribution in [3.63, 3.8) is 0 Å². The van der Waals surface area contributed by atoms with Crippen LogP contribution in [-0.4, -0.2) is 32.1 Å². The topological polar surface area (TPSA) is 38.5 Å². The maximum atomic E-state index is 5.82. The smallest absolute Gasteiger partial charge is 0.123 e. The lowest BCUT2D eigenvalue weighted by Gasteiger charge is -2.33. The number of hydrogen-bond acceptors (Lipinski definition) is 3. The van der Waals surface area contributed by atoms with Gasteiger partial charge < -0.3 is 10.5 Å². The van der Waals surface area contributed by atoms with Crippen LogP contribution in [0.2, 0.25) is 0 Å². The first kappa shape index (κ1) is 16.0. The molecule has 0 aliphatic carbocycles. The summed E-state index contributed by atoms with van der Waals surface area (Å²) in [4.78, 5) is 2.34. The number of hydrogen-bond donors (Lipinski definition) is 1. The largest absolute Gasteiger partial charge is 0.496 e. The lowest BCUT2D eigenvalue weighted by molar-refractivity contribution is 0.172. The Morgan fingerprint density at radius 2 is 2.00 bits per heavy atom. The average Bonchev–Trinajstić information content (AvgIpc) is 2.37. The van der Waals surface area contributed by atoms with Gasteiger partial charge in [-0.05, 0) is 38.9 Å². The minimum atomic E-state index is 0.125. The molecule has 0 bridgehead atoms. The molecule has 0 fully saturated rings. The molecule has 0 amide bonds. The summed E-state index contributed by atoms with van der Waals surface area (Å²) in [7, 11) is 3.87. The molecule has 108 valence electrons. The van der Waals surface area contributed by atoms with Crippen molar-refractivity contribution >= 4 is 0 Å². The summed E-state index contributed by atoms with van der Waals surface area (Å²) in [5.74, 6) is 0.954. The molecule has 0 aliphatic rings. The Balaban J connectivity index is 2.93. The van der Waals surface area contributed by atoms with Crippen molar-refractivity contribution in [1.29, 1.82) is 0 Å². The van der Waals surface area contributed by atoms with Crippen molar-refractivity contribution in [2.75, 3.05) is 27.2 Å². The lowest BCUT2D eigenvalue weighted by atomic mass is 9.92. The summed E-state index contributed by atoms with van der Waals surface area (Å²) >= 11 is 0. The maximum absolute atomic E-state index is 5.82. The van der Waals surface area contributed by atoms with Crippen molar-refractivity contribution in [3.8, 4) is 5.75 Å². The minimum absolute atomic E-state index is 0.125. The number of ether oxygens (including phenoxy) is 1. The first-order valence-corrected chi connectivity index (χ1v) is 6.85. The van der Waals surface area contributed by atoms with Gasteiger partial charge in [0.15, 0.2) is 0 Å². The van der Waals surface area contributed by atoms with E-state index >= 15 is 0 Å². The van der Waals surface area contributed by atoms with Crippen molar-refractivity contribution in [1.82, 2.24) is 4.90 Å². The molecule has 0 aromatic heterocycles. The van der Waals surface area contributed by atoms with Gasteiger partial charge in [0, 0.05) is 18.2 Å². The summed E-state index contributed by atoms with van der Waals surface area (Å²) in [6.07, 6.45) is 0. The normalized spacial score (nSPS) is 13.7. The van der Waals surface area contributed by atoms with Gasteiger partial charge in [-0.15, -0.1) is 0 Å². The van der Waals surface area contributed by atoms with Crippen molar-refractivity contribution in [2.45, 2.75) is 33.7 Å². The Kier molecular flexibility index (Phi) is 5.39. The molecule has 19 heavy (non-hydrogen) atoms. The van der Waals surface area contributed by atoms with Gasteiger partial charge in [0.1, 0.15) is 5.75 Å². The second-order valence-electron chi connectivity index (χ2n) is 6.20. The lowest BCUT2D eigenvalue weighted by Crippen LogP contribution is -2.38. The number of methoxy groups -OCH3 is 1. The fourth-order valence-corrected chi connectivity index (χ4v) is 2.29. The van der Waals surface area contributed by atoms with Crippen LogP contribution in [0.25, 0.3) is 0 Å². The van der Waals surface area contributed by atoms with Crippen LogP contribution in [0.15, 0.2) is 18.2 Å². The molecule has 0 radical (unpaired) electrons. The molecular weight excluding hydrogens is 236 g/mol. The van der Waals surface area contributed by atoms with Gasteiger partial charge in [-0.1, -0.05) is 31.5 Å². The molecule has 0 heterocycles. The molecule has 1 aromatic rings.